The van der Waals surface area contributed by atoms with E-state index in [1.165, 1.54) is 11.3 Å². The SMILES string of the molecule is COc1cccc(CN(C[C@H]2CCCO2)C(=O)Nc2nccs2)c1. The van der Waals surface area contributed by atoms with Crippen molar-refractivity contribution in [3.63, 3.8) is 0 Å². The average molecular weight is 347 g/mol. The van der Waals surface area contributed by atoms with Gasteiger partial charge in [0.2, 0.25) is 0 Å². The molecule has 2 amide bonds. The third-order valence-corrected chi connectivity index (χ3v) is 4.58. The Morgan fingerprint density at radius 3 is 3.17 bits per heavy atom. The van der Waals surface area contributed by atoms with E-state index in [0.29, 0.717) is 18.2 Å². The quantitative estimate of drug-likeness (QED) is 0.870. The zero-order chi connectivity index (χ0) is 16.8. The first-order chi connectivity index (χ1) is 11.7. The maximum Gasteiger partial charge on any atom is 0.324 e. The number of ether oxygens (including phenoxy) is 2. The van der Waals surface area contributed by atoms with Crippen LogP contribution in [0, 0.1) is 0 Å². The summed E-state index contributed by atoms with van der Waals surface area (Å²) >= 11 is 1.40. The zero-order valence-electron chi connectivity index (χ0n) is 13.6. The second-order valence-corrected chi connectivity index (χ2v) is 6.53. The van der Waals surface area contributed by atoms with Crippen LogP contribution in [0.15, 0.2) is 35.8 Å². The Hall–Kier alpha value is -2.12. The maximum atomic E-state index is 12.7. The largest absolute Gasteiger partial charge is 0.497 e. The summed E-state index contributed by atoms with van der Waals surface area (Å²) in [5, 5.41) is 5.29. The molecule has 2 aromatic rings. The van der Waals surface area contributed by atoms with Crippen LogP contribution in [0.25, 0.3) is 0 Å². The van der Waals surface area contributed by atoms with Gasteiger partial charge in [0.25, 0.3) is 0 Å². The number of methoxy groups -OCH3 is 1. The first-order valence-corrected chi connectivity index (χ1v) is 8.82. The normalized spacial score (nSPS) is 16.8. The van der Waals surface area contributed by atoms with E-state index in [9.17, 15) is 4.79 Å². The van der Waals surface area contributed by atoms with Crippen molar-refractivity contribution in [2.45, 2.75) is 25.5 Å². The van der Waals surface area contributed by atoms with Gasteiger partial charge >= 0.3 is 6.03 Å². The lowest BCUT2D eigenvalue weighted by atomic mass is 10.2. The number of nitrogens with zero attached hydrogens (tertiary/aromatic N) is 2. The summed E-state index contributed by atoms with van der Waals surface area (Å²) in [5.41, 5.74) is 1.02. The highest BCUT2D eigenvalue weighted by Gasteiger charge is 2.23. The van der Waals surface area contributed by atoms with Gasteiger partial charge in [-0.2, -0.15) is 0 Å². The molecule has 0 radical (unpaired) electrons. The van der Waals surface area contributed by atoms with Crippen LogP contribution in [-0.2, 0) is 11.3 Å². The van der Waals surface area contributed by atoms with Crippen molar-refractivity contribution in [3.8, 4) is 5.75 Å². The minimum atomic E-state index is -0.164. The van der Waals surface area contributed by atoms with Crippen molar-refractivity contribution in [1.29, 1.82) is 0 Å². The van der Waals surface area contributed by atoms with E-state index in [-0.39, 0.29) is 12.1 Å². The number of rotatable bonds is 6. The van der Waals surface area contributed by atoms with Crippen LogP contribution in [0.4, 0.5) is 9.93 Å². The third kappa shape index (κ3) is 4.46. The molecule has 2 heterocycles. The third-order valence-electron chi connectivity index (χ3n) is 3.89. The Morgan fingerprint density at radius 1 is 1.54 bits per heavy atom. The predicted molar refractivity (Wildman–Crippen MR) is 93.5 cm³/mol. The van der Waals surface area contributed by atoms with Gasteiger partial charge in [0.1, 0.15) is 5.75 Å². The molecule has 0 unspecified atom stereocenters. The monoisotopic (exact) mass is 347 g/mol. The molecule has 128 valence electrons. The lowest BCUT2D eigenvalue weighted by Gasteiger charge is -2.25. The van der Waals surface area contributed by atoms with Crippen LogP contribution in [0.3, 0.4) is 0 Å². The number of carbonyl (C=O) groups is 1. The molecule has 1 aromatic carbocycles. The van der Waals surface area contributed by atoms with E-state index in [4.69, 9.17) is 9.47 Å². The molecule has 6 nitrogen and oxygen atoms in total. The van der Waals surface area contributed by atoms with Crippen molar-refractivity contribution in [1.82, 2.24) is 9.88 Å². The number of hydrogen-bond donors (Lipinski definition) is 1. The zero-order valence-corrected chi connectivity index (χ0v) is 14.4. The van der Waals surface area contributed by atoms with Crippen LogP contribution >= 0.6 is 11.3 Å². The highest BCUT2D eigenvalue weighted by atomic mass is 32.1. The minimum Gasteiger partial charge on any atom is -0.497 e. The highest BCUT2D eigenvalue weighted by molar-refractivity contribution is 7.13. The van der Waals surface area contributed by atoms with Crippen molar-refractivity contribution in [3.05, 3.63) is 41.4 Å². The lowest BCUT2D eigenvalue weighted by Crippen LogP contribution is -2.39. The van der Waals surface area contributed by atoms with Gasteiger partial charge in [0, 0.05) is 31.3 Å². The fraction of sp³-hybridized carbons (Fsp3) is 0.412. The van der Waals surface area contributed by atoms with Gasteiger partial charge in [-0.15, -0.1) is 11.3 Å². The Morgan fingerprint density at radius 2 is 2.46 bits per heavy atom. The summed E-state index contributed by atoms with van der Waals surface area (Å²) in [5.74, 6) is 0.782. The van der Waals surface area contributed by atoms with Crippen LogP contribution in [0.1, 0.15) is 18.4 Å². The number of thiazole rings is 1. The number of nitrogens with one attached hydrogen (secondary N) is 1. The van der Waals surface area contributed by atoms with Gasteiger partial charge in [-0.25, -0.2) is 9.78 Å². The van der Waals surface area contributed by atoms with Gasteiger partial charge in [-0.05, 0) is 30.5 Å². The molecular formula is C17H21N3O3S. The van der Waals surface area contributed by atoms with E-state index in [0.717, 1.165) is 30.8 Å². The van der Waals surface area contributed by atoms with Gasteiger partial charge < -0.3 is 14.4 Å². The van der Waals surface area contributed by atoms with E-state index in [1.54, 1.807) is 18.2 Å². The number of anilines is 1. The van der Waals surface area contributed by atoms with Crippen molar-refractivity contribution in [2.75, 3.05) is 25.6 Å². The molecule has 1 fully saturated rings. The van der Waals surface area contributed by atoms with Crippen LogP contribution in [-0.4, -0.2) is 42.3 Å². The van der Waals surface area contributed by atoms with Crippen LogP contribution in [0.5, 0.6) is 5.75 Å². The summed E-state index contributed by atoms with van der Waals surface area (Å²) < 4.78 is 11.0. The Labute approximate surface area is 145 Å². The number of carbonyl (C=O) groups excluding carboxylic acids is 1. The molecule has 0 saturated carbocycles. The van der Waals surface area contributed by atoms with Crippen molar-refractivity contribution in [2.24, 2.45) is 0 Å². The molecule has 1 atom stereocenters. The summed E-state index contributed by atoms with van der Waals surface area (Å²) in [6.07, 6.45) is 3.80. The summed E-state index contributed by atoms with van der Waals surface area (Å²) in [7, 11) is 1.64. The number of urea groups is 1. The molecule has 0 aliphatic carbocycles. The smallest absolute Gasteiger partial charge is 0.324 e. The van der Waals surface area contributed by atoms with Crippen molar-refractivity contribution < 1.29 is 14.3 Å². The molecule has 7 heteroatoms. The fourth-order valence-electron chi connectivity index (χ4n) is 2.70. The van der Waals surface area contributed by atoms with E-state index < -0.39 is 0 Å². The molecule has 1 N–H and O–H groups in total. The molecule has 1 saturated heterocycles. The second-order valence-electron chi connectivity index (χ2n) is 5.63. The lowest BCUT2D eigenvalue weighted by molar-refractivity contribution is 0.0819. The maximum absolute atomic E-state index is 12.7. The van der Waals surface area contributed by atoms with Gasteiger partial charge in [0.15, 0.2) is 5.13 Å². The van der Waals surface area contributed by atoms with Gasteiger partial charge in [0.05, 0.1) is 13.2 Å². The predicted octanol–water partition coefficient (Wildman–Crippen LogP) is 3.36. The summed E-state index contributed by atoms with van der Waals surface area (Å²) in [6, 6.07) is 7.59. The first-order valence-electron chi connectivity index (χ1n) is 7.94. The molecule has 3 rings (SSSR count). The molecule has 1 aliphatic heterocycles. The Balaban J connectivity index is 1.71. The number of benzene rings is 1. The number of hydrogen-bond acceptors (Lipinski definition) is 5. The topological polar surface area (TPSA) is 63.7 Å². The first kappa shape index (κ1) is 16.7. The van der Waals surface area contributed by atoms with Gasteiger partial charge in [-0.1, -0.05) is 12.1 Å². The molecule has 1 aliphatic rings. The summed E-state index contributed by atoms with van der Waals surface area (Å²) in [6.45, 7) is 1.83. The number of aromatic nitrogens is 1. The average Bonchev–Trinajstić information content (AvgIpc) is 3.28. The Kier molecular flexibility index (Phi) is 5.66. The van der Waals surface area contributed by atoms with Crippen molar-refractivity contribution >= 4 is 22.5 Å². The number of amides is 2. The molecule has 24 heavy (non-hydrogen) atoms. The van der Waals surface area contributed by atoms with Crippen LogP contribution < -0.4 is 10.1 Å². The molecule has 0 spiro atoms. The standard InChI is InChI=1S/C17H21N3O3S/c1-22-14-5-2-4-13(10-14)11-20(12-15-6-3-8-23-15)17(21)19-16-18-7-9-24-16/h2,4-5,7,9-10,15H,3,6,8,11-12H2,1H3,(H,18,19,21)/t15-/m1/s1. The van der Waals surface area contributed by atoms with Gasteiger partial charge in [-0.3, -0.25) is 5.32 Å². The molecular weight excluding hydrogens is 326 g/mol. The molecule has 1 aromatic heterocycles. The second kappa shape index (κ2) is 8.12. The highest BCUT2D eigenvalue weighted by Crippen LogP contribution is 2.19. The molecule has 0 bridgehead atoms. The Bertz CT molecular complexity index is 657. The van der Waals surface area contributed by atoms with Crippen LogP contribution in [0.2, 0.25) is 0 Å². The summed E-state index contributed by atoms with van der Waals surface area (Å²) in [4.78, 5) is 18.5. The van der Waals surface area contributed by atoms with E-state index in [1.807, 2.05) is 29.6 Å². The van der Waals surface area contributed by atoms with E-state index >= 15 is 0 Å². The minimum absolute atomic E-state index is 0.0950. The fourth-order valence-corrected chi connectivity index (χ4v) is 3.22. The van der Waals surface area contributed by atoms with E-state index in [2.05, 4.69) is 10.3 Å².